The monoisotopic (exact) mass is 271 g/mol. The zero-order chi connectivity index (χ0) is 13.0. The summed E-state index contributed by atoms with van der Waals surface area (Å²) in [6, 6.07) is 4.05. The Morgan fingerprint density at radius 1 is 1.28 bits per heavy atom. The molecule has 0 fully saturated rings. The molecule has 2 heterocycles. The maximum Gasteiger partial charge on any atom is 0.417 e. The first kappa shape index (κ1) is 12.6. The number of halogens is 3. The fourth-order valence-electron chi connectivity index (χ4n) is 1.15. The lowest BCUT2D eigenvalue weighted by atomic mass is 10.3. The number of anilines is 1. The quantitative estimate of drug-likeness (QED) is 0.684. The van der Waals surface area contributed by atoms with Gasteiger partial charge in [-0.15, -0.1) is 0 Å². The highest BCUT2D eigenvalue weighted by atomic mass is 32.1. The van der Waals surface area contributed by atoms with E-state index in [1.807, 2.05) is 16.8 Å². The summed E-state index contributed by atoms with van der Waals surface area (Å²) in [7, 11) is 0. The van der Waals surface area contributed by atoms with Gasteiger partial charge < -0.3 is 0 Å². The van der Waals surface area contributed by atoms with Crippen molar-refractivity contribution in [3.8, 4) is 0 Å². The normalized spacial score (nSPS) is 11.9. The molecule has 0 aliphatic rings. The molecule has 3 nitrogen and oxygen atoms in total. The lowest BCUT2D eigenvalue weighted by molar-refractivity contribution is -0.137. The zero-order valence-corrected chi connectivity index (χ0v) is 9.79. The first-order valence-electron chi connectivity index (χ1n) is 4.90. The maximum atomic E-state index is 12.3. The Morgan fingerprint density at radius 2 is 2.11 bits per heavy atom. The number of hydrogen-bond donors (Lipinski definition) is 1. The molecule has 0 saturated heterocycles. The van der Waals surface area contributed by atoms with Crippen LogP contribution in [0.1, 0.15) is 11.1 Å². The maximum absolute atomic E-state index is 12.3. The molecule has 0 saturated carbocycles. The molecule has 7 heteroatoms. The van der Waals surface area contributed by atoms with Gasteiger partial charge >= 0.3 is 6.18 Å². The molecule has 94 valence electrons. The third-order valence-corrected chi connectivity index (χ3v) is 2.73. The Bertz CT molecular complexity index is 517. The van der Waals surface area contributed by atoms with Crippen molar-refractivity contribution in [2.24, 2.45) is 5.10 Å². The number of thiophene rings is 1. The number of pyridine rings is 1. The van der Waals surface area contributed by atoms with E-state index in [9.17, 15) is 13.2 Å². The van der Waals surface area contributed by atoms with Gasteiger partial charge in [-0.1, -0.05) is 0 Å². The van der Waals surface area contributed by atoms with Crippen molar-refractivity contribution in [1.82, 2.24) is 4.98 Å². The molecule has 2 aromatic heterocycles. The minimum Gasteiger partial charge on any atom is -0.261 e. The van der Waals surface area contributed by atoms with E-state index < -0.39 is 11.7 Å². The standard InChI is InChI=1S/C11H8F3N3S/c12-11(13,14)9-1-2-10(15-6-9)17-16-5-8-3-4-18-7-8/h1-7H,(H,15,17)/b16-5-. The van der Waals surface area contributed by atoms with Crippen molar-refractivity contribution < 1.29 is 13.2 Å². The largest absolute Gasteiger partial charge is 0.417 e. The Labute approximate surface area is 105 Å². The molecule has 0 bridgehead atoms. The van der Waals surface area contributed by atoms with Crippen LogP contribution in [0.3, 0.4) is 0 Å². The van der Waals surface area contributed by atoms with Crippen LogP contribution in [0.15, 0.2) is 40.3 Å². The fourth-order valence-corrected chi connectivity index (χ4v) is 1.76. The predicted octanol–water partition coefficient (Wildman–Crippen LogP) is 3.61. The van der Waals surface area contributed by atoms with Crippen LogP contribution in [-0.2, 0) is 6.18 Å². The van der Waals surface area contributed by atoms with Gasteiger partial charge in [-0.3, -0.25) is 5.43 Å². The van der Waals surface area contributed by atoms with Crippen LogP contribution < -0.4 is 5.43 Å². The summed E-state index contributed by atoms with van der Waals surface area (Å²) in [4.78, 5) is 3.62. The second kappa shape index (κ2) is 5.18. The van der Waals surface area contributed by atoms with Crippen LogP contribution >= 0.6 is 11.3 Å². The number of hydrogen-bond acceptors (Lipinski definition) is 4. The molecular weight excluding hydrogens is 263 g/mol. The van der Waals surface area contributed by atoms with Crippen LogP contribution in [0.2, 0.25) is 0 Å². The Balaban J connectivity index is 1.99. The van der Waals surface area contributed by atoms with E-state index in [4.69, 9.17) is 0 Å². The number of hydrazone groups is 1. The highest BCUT2D eigenvalue weighted by Gasteiger charge is 2.30. The SMILES string of the molecule is FC(F)(F)c1ccc(N/N=C\c2ccsc2)nc1. The molecule has 0 atom stereocenters. The topological polar surface area (TPSA) is 37.3 Å². The van der Waals surface area contributed by atoms with Crippen molar-refractivity contribution in [3.05, 3.63) is 46.3 Å². The molecule has 0 aliphatic carbocycles. The van der Waals surface area contributed by atoms with Crippen molar-refractivity contribution in [1.29, 1.82) is 0 Å². The van der Waals surface area contributed by atoms with Crippen LogP contribution in [0, 0.1) is 0 Å². The smallest absolute Gasteiger partial charge is 0.261 e. The highest BCUT2D eigenvalue weighted by Crippen LogP contribution is 2.28. The summed E-state index contributed by atoms with van der Waals surface area (Å²) >= 11 is 1.53. The predicted molar refractivity (Wildman–Crippen MR) is 64.8 cm³/mol. The van der Waals surface area contributed by atoms with Gasteiger partial charge in [-0.25, -0.2) is 4.98 Å². The minimum atomic E-state index is -4.37. The lowest BCUT2D eigenvalue weighted by Crippen LogP contribution is -2.05. The van der Waals surface area contributed by atoms with Gasteiger partial charge in [-0.05, 0) is 29.0 Å². The fraction of sp³-hybridized carbons (Fsp3) is 0.0909. The molecule has 0 spiro atoms. The molecule has 2 aromatic rings. The Kier molecular flexibility index (Phi) is 3.61. The summed E-state index contributed by atoms with van der Waals surface area (Å²) in [5.74, 6) is 0.259. The van der Waals surface area contributed by atoms with Gasteiger partial charge in [0.05, 0.1) is 11.8 Å². The van der Waals surface area contributed by atoms with Gasteiger partial charge in [0.15, 0.2) is 0 Å². The number of nitrogens with zero attached hydrogens (tertiary/aromatic N) is 2. The second-order valence-electron chi connectivity index (χ2n) is 3.36. The number of nitrogens with one attached hydrogen (secondary N) is 1. The number of alkyl halides is 3. The average Bonchev–Trinajstić information content (AvgIpc) is 2.82. The third kappa shape index (κ3) is 3.30. The Morgan fingerprint density at radius 3 is 2.67 bits per heavy atom. The summed E-state index contributed by atoms with van der Waals surface area (Å²) < 4.78 is 36.8. The van der Waals surface area contributed by atoms with E-state index in [0.29, 0.717) is 0 Å². The van der Waals surface area contributed by atoms with Gasteiger partial charge in [0.1, 0.15) is 5.82 Å². The van der Waals surface area contributed by atoms with Gasteiger partial charge in [-0.2, -0.15) is 29.6 Å². The summed E-state index contributed by atoms with van der Waals surface area (Å²) in [6.45, 7) is 0. The summed E-state index contributed by atoms with van der Waals surface area (Å²) in [6.07, 6.45) is -2.04. The van der Waals surface area contributed by atoms with Crippen molar-refractivity contribution in [2.75, 3.05) is 5.43 Å². The molecule has 0 amide bonds. The molecule has 0 unspecified atom stereocenters. The minimum absolute atomic E-state index is 0.259. The van der Waals surface area contributed by atoms with E-state index in [1.54, 1.807) is 6.21 Å². The molecule has 2 rings (SSSR count). The highest BCUT2D eigenvalue weighted by molar-refractivity contribution is 7.08. The average molecular weight is 271 g/mol. The first-order chi connectivity index (χ1) is 8.55. The molecule has 1 N–H and O–H groups in total. The number of aromatic nitrogens is 1. The summed E-state index contributed by atoms with van der Waals surface area (Å²) in [5.41, 5.74) is 2.69. The summed E-state index contributed by atoms with van der Waals surface area (Å²) in [5, 5.41) is 7.66. The van der Waals surface area contributed by atoms with E-state index in [0.717, 1.165) is 17.8 Å². The van der Waals surface area contributed by atoms with E-state index in [1.165, 1.54) is 17.4 Å². The van der Waals surface area contributed by atoms with Crippen molar-refractivity contribution in [3.63, 3.8) is 0 Å². The van der Waals surface area contributed by atoms with E-state index >= 15 is 0 Å². The second-order valence-corrected chi connectivity index (χ2v) is 4.14. The van der Waals surface area contributed by atoms with E-state index in [-0.39, 0.29) is 5.82 Å². The van der Waals surface area contributed by atoms with E-state index in [2.05, 4.69) is 15.5 Å². The Hall–Kier alpha value is -1.89. The van der Waals surface area contributed by atoms with Gasteiger partial charge in [0, 0.05) is 11.8 Å². The zero-order valence-electron chi connectivity index (χ0n) is 8.98. The first-order valence-corrected chi connectivity index (χ1v) is 5.84. The van der Waals surface area contributed by atoms with Crippen LogP contribution in [0.5, 0.6) is 0 Å². The van der Waals surface area contributed by atoms with Crippen LogP contribution in [-0.4, -0.2) is 11.2 Å². The molecule has 18 heavy (non-hydrogen) atoms. The third-order valence-electron chi connectivity index (χ3n) is 2.03. The molecule has 0 radical (unpaired) electrons. The van der Waals surface area contributed by atoms with Crippen LogP contribution in [0.4, 0.5) is 19.0 Å². The van der Waals surface area contributed by atoms with Gasteiger partial charge in [0.25, 0.3) is 0 Å². The van der Waals surface area contributed by atoms with Crippen molar-refractivity contribution >= 4 is 23.4 Å². The molecule has 0 aromatic carbocycles. The van der Waals surface area contributed by atoms with Crippen molar-refractivity contribution in [2.45, 2.75) is 6.18 Å². The van der Waals surface area contributed by atoms with Crippen LogP contribution in [0.25, 0.3) is 0 Å². The number of rotatable bonds is 3. The lowest BCUT2D eigenvalue weighted by Gasteiger charge is -2.06. The van der Waals surface area contributed by atoms with Gasteiger partial charge in [0.2, 0.25) is 0 Å². The molecule has 0 aliphatic heterocycles. The molecular formula is C11H8F3N3S.